The van der Waals surface area contributed by atoms with Crippen molar-refractivity contribution in [1.82, 2.24) is 14.9 Å². The standard InChI is InChI=1S/C18H25N3O2/c1-5-9-15(21(17(22)23)18(2,3)4)16-19-12-14(20-16)13-10-7-6-8-11-13/h6-8,10-12,15H,5,9H2,1-4H3,(H,19,20)(H,22,23)/t15-/m1/s1. The number of imidazole rings is 1. The molecule has 2 N–H and O–H groups in total. The first-order valence-electron chi connectivity index (χ1n) is 7.97. The number of aromatic nitrogens is 2. The third-order valence-corrected chi connectivity index (χ3v) is 3.79. The van der Waals surface area contributed by atoms with Gasteiger partial charge >= 0.3 is 6.09 Å². The van der Waals surface area contributed by atoms with Crippen LogP contribution in [0.15, 0.2) is 36.5 Å². The van der Waals surface area contributed by atoms with Gasteiger partial charge in [0.05, 0.1) is 11.7 Å². The molecule has 2 aromatic rings. The topological polar surface area (TPSA) is 69.2 Å². The van der Waals surface area contributed by atoms with E-state index in [0.29, 0.717) is 5.82 Å². The summed E-state index contributed by atoms with van der Waals surface area (Å²) in [6.07, 6.45) is 2.53. The Bertz CT molecular complexity index is 644. The van der Waals surface area contributed by atoms with Crippen molar-refractivity contribution in [3.8, 4) is 11.3 Å². The first-order valence-corrected chi connectivity index (χ1v) is 7.97. The first-order chi connectivity index (χ1) is 10.8. The number of hydrogen-bond donors (Lipinski definition) is 2. The molecule has 5 heteroatoms. The van der Waals surface area contributed by atoms with E-state index in [1.54, 1.807) is 0 Å². The number of nitrogens with one attached hydrogen (secondary N) is 1. The van der Waals surface area contributed by atoms with Crippen LogP contribution in [-0.2, 0) is 0 Å². The van der Waals surface area contributed by atoms with E-state index >= 15 is 0 Å². The molecule has 1 heterocycles. The van der Waals surface area contributed by atoms with Crippen LogP contribution in [0.1, 0.15) is 52.4 Å². The summed E-state index contributed by atoms with van der Waals surface area (Å²) < 4.78 is 0. The highest BCUT2D eigenvalue weighted by molar-refractivity contribution is 5.67. The van der Waals surface area contributed by atoms with Crippen molar-refractivity contribution in [1.29, 1.82) is 0 Å². The molecule has 0 fully saturated rings. The van der Waals surface area contributed by atoms with Gasteiger partial charge < -0.3 is 10.1 Å². The normalized spacial score (nSPS) is 12.9. The molecule has 0 saturated carbocycles. The predicted molar refractivity (Wildman–Crippen MR) is 91.3 cm³/mol. The Hall–Kier alpha value is -2.30. The molecule has 0 unspecified atom stereocenters. The van der Waals surface area contributed by atoms with Crippen LogP contribution in [-0.4, -0.2) is 31.6 Å². The van der Waals surface area contributed by atoms with E-state index in [1.165, 1.54) is 4.90 Å². The minimum atomic E-state index is -0.923. The van der Waals surface area contributed by atoms with Gasteiger partial charge in [-0.05, 0) is 27.2 Å². The van der Waals surface area contributed by atoms with Gasteiger partial charge in [-0.1, -0.05) is 43.7 Å². The predicted octanol–water partition coefficient (Wildman–Crippen LogP) is 4.70. The van der Waals surface area contributed by atoms with Crippen LogP contribution in [0, 0.1) is 0 Å². The molecule has 0 radical (unpaired) electrons. The summed E-state index contributed by atoms with van der Waals surface area (Å²) in [7, 11) is 0. The molecule has 1 aromatic carbocycles. The fraction of sp³-hybridized carbons (Fsp3) is 0.444. The first kappa shape index (κ1) is 17.1. The molecule has 124 valence electrons. The van der Waals surface area contributed by atoms with Crippen molar-refractivity contribution < 1.29 is 9.90 Å². The maximum absolute atomic E-state index is 11.8. The summed E-state index contributed by atoms with van der Waals surface area (Å²) in [6, 6.07) is 9.59. The van der Waals surface area contributed by atoms with E-state index in [4.69, 9.17) is 0 Å². The molecule has 0 saturated heterocycles. The van der Waals surface area contributed by atoms with Gasteiger partial charge in [-0.2, -0.15) is 0 Å². The van der Waals surface area contributed by atoms with E-state index in [0.717, 1.165) is 24.1 Å². The lowest BCUT2D eigenvalue weighted by Gasteiger charge is -2.38. The van der Waals surface area contributed by atoms with Gasteiger partial charge in [0.15, 0.2) is 0 Å². The van der Waals surface area contributed by atoms with E-state index < -0.39 is 11.6 Å². The quantitative estimate of drug-likeness (QED) is 0.840. The third-order valence-electron chi connectivity index (χ3n) is 3.79. The maximum Gasteiger partial charge on any atom is 0.408 e. The number of amides is 1. The van der Waals surface area contributed by atoms with E-state index in [9.17, 15) is 9.90 Å². The van der Waals surface area contributed by atoms with Crippen molar-refractivity contribution >= 4 is 6.09 Å². The van der Waals surface area contributed by atoms with Crippen LogP contribution in [0.3, 0.4) is 0 Å². The third kappa shape index (κ3) is 3.92. The summed E-state index contributed by atoms with van der Waals surface area (Å²) in [5, 5.41) is 9.68. The second kappa shape index (κ2) is 6.86. The van der Waals surface area contributed by atoms with E-state index in [1.807, 2.05) is 57.3 Å². The monoisotopic (exact) mass is 315 g/mol. The molecular weight excluding hydrogens is 290 g/mol. The second-order valence-electron chi connectivity index (χ2n) is 6.66. The van der Waals surface area contributed by atoms with Crippen molar-refractivity contribution in [2.45, 2.75) is 52.1 Å². The fourth-order valence-electron chi connectivity index (χ4n) is 2.81. The Morgan fingerprint density at radius 3 is 2.48 bits per heavy atom. The number of carbonyl (C=O) groups is 1. The molecule has 0 spiro atoms. The van der Waals surface area contributed by atoms with E-state index in [-0.39, 0.29) is 6.04 Å². The van der Waals surface area contributed by atoms with Gasteiger partial charge in [-0.25, -0.2) is 9.78 Å². The van der Waals surface area contributed by atoms with Gasteiger partial charge in [0.1, 0.15) is 5.82 Å². The summed E-state index contributed by atoms with van der Waals surface area (Å²) in [4.78, 5) is 21.1. The molecule has 0 aliphatic carbocycles. The zero-order valence-electron chi connectivity index (χ0n) is 14.2. The molecule has 1 atom stereocenters. The van der Waals surface area contributed by atoms with Crippen molar-refractivity contribution in [2.75, 3.05) is 0 Å². The maximum atomic E-state index is 11.8. The average molecular weight is 315 g/mol. The Kier molecular flexibility index (Phi) is 5.08. The fourth-order valence-corrected chi connectivity index (χ4v) is 2.81. The molecule has 2 rings (SSSR count). The van der Waals surface area contributed by atoms with Crippen LogP contribution in [0.4, 0.5) is 4.79 Å². The van der Waals surface area contributed by atoms with Crippen molar-refractivity contribution in [3.05, 3.63) is 42.4 Å². The Morgan fingerprint density at radius 2 is 1.96 bits per heavy atom. The van der Waals surface area contributed by atoms with Crippen LogP contribution in [0.2, 0.25) is 0 Å². The summed E-state index contributed by atoms with van der Waals surface area (Å²) in [5.41, 5.74) is 1.36. The number of benzene rings is 1. The Balaban J connectivity index is 2.38. The van der Waals surface area contributed by atoms with Gasteiger partial charge in [-0.15, -0.1) is 0 Å². The van der Waals surface area contributed by atoms with Crippen LogP contribution >= 0.6 is 0 Å². The lowest BCUT2D eigenvalue weighted by atomic mass is 10.0. The summed E-state index contributed by atoms with van der Waals surface area (Å²) >= 11 is 0. The zero-order chi connectivity index (χ0) is 17.0. The second-order valence-corrected chi connectivity index (χ2v) is 6.66. The van der Waals surface area contributed by atoms with Crippen molar-refractivity contribution in [2.24, 2.45) is 0 Å². The van der Waals surface area contributed by atoms with Crippen LogP contribution < -0.4 is 0 Å². The average Bonchev–Trinajstić information content (AvgIpc) is 2.95. The Labute approximate surface area is 137 Å². The van der Waals surface area contributed by atoms with Crippen LogP contribution in [0.5, 0.6) is 0 Å². The van der Waals surface area contributed by atoms with Crippen molar-refractivity contribution in [3.63, 3.8) is 0 Å². The number of carboxylic acid groups (broad SMARTS) is 1. The Morgan fingerprint density at radius 1 is 1.30 bits per heavy atom. The minimum absolute atomic E-state index is 0.282. The molecule has 0 aliphatic heterocycles. The largest absolute Gasteiger partial charge is 0.465 e. The molecule has 0 bridgehead atoms. The number of rotatable bonds is 5. The van der Waals surface area contributed by atoms with Crippen LogP contribution in [0.25, 0.3) is 11.3 Å². The lowest BCUT2D eigenvalue weighted by Crippen LogP contribution is -2.47. The molecule has 5 nitrogen and oxygen atoms in total. The van der Waals surface area contributed by atoms with E-state index in [2.05, 4.69) is 16.9 Å². The highest BCUT2D eigenvalue weighted by atomic mass is 16.4. The molecule has 23 heavy (non-hydrogen) atoms. The highest BCUT2D eigenvalue weighted by Crippen LogP contribution is 2.31. The highest BCUT2D eigenvalue weighted by Gasteiger charge is 2.35. The molecular formula is C18H25N3O2. The van der Waals surface area contributed by atoms with Gasteiger partial charge in [0.25, 0.3) is 0 Å². The number of aromatic amines is 1. The molecule has 1 amide bonds. The van der Waals surface area contributed by atoms with Gasteiger partial charge in [0.2, 0.25) is 0 Å². The molecule has 0 aliphatic rings. The minimum Gasteiger partial charge on any atom is -0.465 e. The SMILES string of the molecule is CCC[C@H](c1nc(-c2ccccc2)c[nH]1)N(C(=O)O)C(C)(C)C. The zero-order valence-corrected chi connectivity index (χ0v) is 14.2. The number of hydrogen-bond acceptors (Lipinski definition) is 2. The van der Waals surface area contributed by atoms with Gasteiger partial charge in [0, 0.05) is 17.3 Å². The smallest absolute Gasteiger partial charge is 0.408 e. The molecule has 1 aromatic heterocycles. The summed E-state index contributed by atoms with van der Waals surface area (Å²) in [6.45, 7) is 7.78. The number of nitrogens with zero attached hydrogens (tertiary/aromatic N) is 2. The number of H-pyrrole nitrogens is 1. The summed E-state index contributed by atoms with van der Waals surface area (Å²) in [5.74, 6) is 0.697. The lowest BCUT2D eigenvalue weighted by molar-refractivity contribution is 0.0638. The van der Waals surface area contributed by atoms with Gasteiger partial charge in [-0.3, -0.25) is 4.90 Å².